The molecule has 0 N–H and O–H groups in total. The van der Waals surface area contributed by atoms with Crippen molar-refractivity contribution >= 4 is 27.1 Å². The van der Waals surface area contributed by atoms with Crippen LogP contribution in [0.3, 0.4) is 0 Å². The number of thiazole rings is 1. The molecule has 1 aromatic heterocycles. The van der Waals surface area contributed by atoms with Crippen molar-refractivity contribution < 1.29 is 13.2 Å². The van der Waals surface area contributed by atoms with Gasteiger partial charge < -0.3 is 4.90 Å². The van der Waals surface area contributed by atoms with Crippen LogP contribution in [-0.2, 0) is 9.84 Å². The standard InChI is InChI=1S/C13H19N3O3S2/c1-10-12(20-9-14-10)13(17)16-5-3-15(4-6-16)11-2-7-21(18,19)8-11/h9,11H,2-8H2,1H3/t11-/m0/s1. The van der Waals surface area contributed by atoms with Crippen molar-refractivity contribution in [2.45, 2.75) is 19.4 Å². The molecule has 0 bridgehead atoms. The maximum absolute atomic E-state index is 12.4. The van der Waals surface area contributed by atoms with Gasteiger partial charge in [-0.1, -0.05) is 0 Å². The molecule has 3 heterocycles. The Bertz CT molecular complexity index is 633. The van der Waals surface area contributed by atoms with Gasteiger partial charge in [0.25, 0.3) is 5.91 Å². The highest BCUT2D eigenvalue weighted by Gasteiger charge is 2.34. The number of aromatic nitrogens is 1. The Hall–Kier alpha value is -0.990. The number of aryl methyl sites for hydroxylation is 1. The number of nitrogens with zero attached hydrogens (tertiary/aromatic N) is 3. The van der Waals surface area contributed by atoms with Crippen molar-refractivity contribution in [1.29, 1.82) is 0 Å². The lowest BCUT2D eigenvalue weighted by Gasteiger charge is -2.37. The highest BCUT2D eigenvalue weighted by atomic mass is 32.2. The van der Waals surface area contributed by atoms with E-state index in [0.717, 1.165) is 25.2 Å². The fourth-order valence-electron chi connectivity index (χ4n) is 3.00. The van der Waals surface area contributed by atoms with Crippen LogP contribution in [0.15, 0.2) is 5.51 Å². The molecule has 2 saturated heterocycles. The fourth-order valence-corrected chi connectivity index (χ4v) is 5.54. The first-order chi connectivity index (χ1) is 9.96. The van der Waals surface area contributed by atoms with E-state index in [0.29, 0.717) is 23.7 Å². The molecular formula is C13H19N3O3S2. The van der Waals surface area contributed by atoms with Gasteiger partial charge in [-0.2, -0.15) is 0 Å². The summed E-state index contributed by atoms with van der Waals surface area (Å²) >= 11 is 1.38. The third-order valence-electron chi connectivity index (χ3n) is 4.27. The van der Waals surface area contributed by atoms with Gasteiger partial charge in [-0.05, 0) is 13.3 Å². The van der Waals surface area contributed by atoms with Crippen molar-refractivity contribution in [3.63, 3.8) is 0 Å². The molecule has 3 rings (SSSR count). The number of hydrogen-bond acceptors (Lipinski definition) is 6. The van der Waals surface area contributed by atoms with Crippen LogP contribution in [0, 0.1) is 6.92 Å². The fraction of sp³-hybridized carbons (Fsp3) is 0.692. The summed E-state index contributed by atoms with van der Waals surface area (Å²) < 4.78 is 23.1. The molecule has 1 aromatic rings. The second kappa shape index (κ2) is 5.66. The Balaban J connectivity index is 1.58. The van der Waals surface area contributed by atoms with Crippen LogP contribution in [0.5, 0.6) is 0 Å². The maximum Gasteiger partial charge on any atom is 0.265 e. The lowest BCUT2D eigenvalue weighted by atomic mass is 10.2. The second-order valence-electron chi connectivity index (χ2n) is 5.65. The predicted octanol–water partition coefficient (Wildman–Crippen LogP) is 0.396. The molecule has 2 fully saturated rings. The normalized spacial score (nSPS) is 26.1. The van der Waals surface area contributed by atoms with Crippen molar-refractivity contribution in [2.75, 3.05) is 37.7 Å². The van der Waals surface area contributed by atoms with E-state index in [9.17, 15) is 13.2 Å². The summed E-state index contributed by atoms with van der Waals surface area (Å²) in [4.78, 5) is 21.3. The van der Waals surface area contributed by atoms with Crippen molar-refractivity contribution in [2.24, 2.45) is 0 Å². The average molecular weight is 329 g/mol. The minimum absolute atomic E-state index is 0.0497. The Kier molecular flexibility index (Phi) is 4.02. The number of sulfone groups is 1. The maximum atomic E-state index is 12.4. The number of hydrogen-bond donors (Lipinski definition) is 0. The van der Waals surface area contributed by atoms with E-state index in [1.54, 1.807) is 5.51 Å². The molecule has 2 aliphatic rings. The molecule has 0 saturated carbocycles. The monoisotopic (exact) mass is 329 g/mol. The molecule has 21 heavy (non-hydrogen) atoms. The zero-order chi connectivity index (χ0) is 15.0. The van der Waals surface area contributed by atoms with Gasteiger partial charge in [0.1, 0.15) is 4.88 Å². The topological polar surface area (TPSA) is 70.6 Å². The lowest BCUT2D eigenvalue weighted by Crippen LogP contribution is -2.52. The quantitative estimate of drug-likeness (QED) is 0.785. The first-order valence-corrected chi connectivity index (χ1v) is 9.80. The van der Waals surface area contributed by atoms with E-state index in [-0.39, 0.29) is 17.7 Å². The van der Waals surface area contributed by atoms with Crippen LogP contribution in [0.4, 0.5) is 0 Å². The summed E-state index contributed by atoms with van der Waals surface area (Å²) in [7, 11) is -2.84. The third kappa shape index (κ3) is 3.12. The van der Waals surface area contributed by atoms with Crippen molar-refractivity contribution in [3.05, 3.63) is 16.1 Å². The first-order valence-electron chi connectivity index (χ1n) is 7.10. The van der Waals surface area contributed by atoms with E-state index in [1.165, 1.54) is 11.3 Å². The van der Waals surface area contributed by atoms with Gasteiger partial charge in [0.2, 0.25) is 0 Å². The molecule has 0 unspecified atom stereocenters. The summed E-state index contributed by atoms with van der Waals surface area (Å²) in [6, 6.07) is 0.136. The zero-order valence-corrected chi connectivity index (χ0v) is 13.6. The molecule has 1 amide bonds. The molecule has 0 aromatic carbocycles. The Morgan fingerprint density at radius 1 is 1.33 bits per heavy atom. The van der Waals surface area contributed by atoms with E-state index >= 15 is 0 Å². The van der Waals surface area contributed by atoms with Gasteiger partial charge in [0.15, 0.2) is 9.84 Å². The van der Waals surface area contributed by atoms with Gasteiger partial charge in [-0.25, -0.2) is 13.4 Å². The SMILES string of the molecule is Cc1ncsc1C(=O)N1CCN([C@H]2CCS(=O)(=O)C2)CC1. The van der Waals surface area contributed by atoms with Crippen LogP contribution in [0.2, 0.25) is 0 Å². The van der Waals surface area contributed by atoms with Gasteiger partial charge >= 0.3 is 0 Å². The minimum Gasteiger partial charge on any atom is -0.335 e. The highest BCUT2D eigenvalue weighted by molar-refractivity contribution is 7.91. The summed E-state index contributed by atoms with van der Waals surface area (Å²) in [6.07, 6.45) is 0.726. The van der Waals surface area contributed by atoms with Crippen molar-refractivity contribution in [3.8, 4) is 0 Å². The van der Waals surface area contributed by atoms with Crippen LogP contribution in [0.1, 0.15) is 21.8 Å². The van der Waals surface area contributed by atoms with Crippen LogP contribution < -0.4 is 0 Å². The van der Waals surface area contributed by atoms with Gasteiger partial charge in [0.05, 0.1) is 22.7 Å². The Morgan fingerprint density at radius 2 is 2.05 bits per heavy atom. The number of amides is 1. The van der Waals surface area contributed by atoms with Gasteiger partial charge in [-0.15, -0.1) is 11.3 Å². The van der Waals surface area contributed by atoms with Gasteiger partial charge in [-0.3, -0.25) is 9.69 Å². The zero-order valence-electron chi connectivity index (χ0n) is 12.0. The van der Waals surface area contributed by atoms with E-state index in [2.05, 4.69) is 9.88 Å². The molecule has 0 spiro atoms. The number of piperazine rings is 1. The number of carbonyl (C=O) groups excluding carboxylic acids is 1. The van der Waals surface area contributed by atoms with Crippen LogP contribution in [-0.4, -0.2) is 72.8 Å². The predicted molar refractivity (Wildman–Crippen MR) is 81.4 cm³/mol. The Labute approximate surface area is 128 Å². The number of carbonyl (C=O) groups is 1. The van der Waals surface area contributed by atoms with Crippen molar-refractivity contribution in [1.82, 2.24) is 14.8 Å². The number of rotatable bonds is 2. The Morgan fingerprint density at radius 3 is 2.57 bits per heavy atom. The minimum atomic E-state index is -2.84. The summed E-state index contributed by atoms with van der Waals surface area (Å²) in [5, 5.41) is 0. The van der Waals surface area contributed by atoms with E-state index in [4.69, 9.17) is 0 Å². The molecule has 116 valence electrons. The van der Waals surface area contributed by atoms with Crippen LogP contribution in [0.25, 0.3) is 0 Å². The highest BCUT2D eigenvalue weighted by Crippen LogP contribution is 2.21. The summed E-state index contributed by atoms with van der Waals surface area (Å²) in [6.45, 7) is 4.68. The molecule has 2 aliphatic heterocycles. The van der Waals surface area contributed by atoms with Crippen LogP contribution >= 0.6 is 11.3 Å². The molecule has 0 aliphatic carbocycles. The average Bonchev–Trinajstić information content (AvgIpc) is 3.04. The second-order valence-corrected chi connectivity index (χ2v) is 8.74. The summed E-state index contributed by atoms with van der Waals surface area (Å²) in [5.74, 6) is 0.625. The third-order valence-corrected chi connectivity index (χ3v) is 6.93. The molecular weight excluding hydrogens is 310 g/mol. The molecule has 6 nitrogen and oxygen atoms in total. The lowest BCUT2D eigenvalue weighted by molar-refractivity contribution is 0.0591. The smallest absolute Gasteiger partial charge is 0.265 e. The molecule has 1 atom stereocenters. The van der Waals surface area contributed by atoms with E-state index in [1.807, 2.05) is 11.8 Å². The van der Waals surface area contributed by atoms with E-state index < -0.39 is 9.84 Å². The first kappa shape index (κ1) is 14.9. The van der Waals surface area contributed by atoms with Gasteiger partial charge in [0, 0.05) is 32.2 Å². The largest absolute Gasteiger partial charge is 0.335 e. The molecule has 8 heteroatoms. The summed E-state index contributed by atoms with van der Waals surface area (Å²) in [5.41, 5.74) is 2.48. The molecule has 0 radical (unpaired) electrons.